The lowest BCUT2D eigenvalue weighted by Crippen LogP contribution is -2.31. The molecule has 2 aromatic heterocycles. The molecule has 0 unspecified atom stereocenters. The van der Waals surface area contributed by atoms with Gasteiger partial charge >= 0.3 is 10.3 Å². The van der Waals surface area contributed by atoms with Crippen LogP contribution in [-0.2, 0) is 14.5 Å². The maximum Gasteiger partial charge on any atom is 0.335 e. The predicted molar refractivity (Wildman–Crippen MR) is 104 cm³/mol. The van der Waals surface area contributed by atoms with Crippen LogP contribution in [0.3, 0.4) is 0 Å². The number of nitrogens with one attached hydrogen (secondary N) is 2. The monoisotopic (exact) mass is 403 g/mol. The van der Waals surface area contributed by atoms with E-state index in [1.807, 2.05) is 47.2 Å². The lowest BCUT2D eigenvalue weighted by molar-refractivity contribution is 0.0635. The van der Waals surface area contributed by atoms with E-state index in [-0.39, 0.29) is 6.04 Å². The van der Waals surface area contributed by atoms with Gasteiger partial charge in [-0.3, -0.25) is 4.18 Å². The second-order valence-electron chi connectivity index (χ2n) is 6.69. The second-order valence-corrected chi connectivity index (χ2v) is 8.20. The third kappa shape index (κ3) is 3.72. The first-order chi connectivity index (χ1) is 13.5. The Labute approximate surface area is 162 Å². The molecule has 4 rings (SSSR count). The van der Waals surface area contributed by atoms with E-state index < -0.39 is 22.5 Å². The van der Waals surface area contributed by atoms with Crippen molar-refractivity contribution >= 4 is 32.7 Å². The number of hydrogen-bond donors (Lipinski definition) is 3. The number of aromatic nitrogens is 3. The molecule has 1 saturated carbocycles. The summed E-state index contributed by atoms with van der Waals surface area (Å²) < 4.78 is 32.4. The van der Waals surface area contributed by atoms with Crippen LogP contribution in [0.5, 0.6) is 0 Å². The van der Waals surface area contributed by atoms with E-state index in [0.717, 1.165) is 16.6 Å². The van der Waals surface area contributed by atoms with Crippen LogP contribution in [0.2, 0.25) is 0 Å². The van der Waals surface area contributed by atoms with Crippen molar-refractivity contribution in [3.8, 4) is 0 Å². The highest BCUT2D eigenvalue weighted by Crippen LogP contribution is 2.36. The van der Waals surface area contributed by atoms with Gasteiger partial charge in [0.05, 0.1) is 17.8 Å². The summed E-state index contributed by atoms with van der Waals surface area (Å²) in [5.74, 6) is 0.631. The van der Waals surface area contributed by atoms with Gasteiger partial charge in [0.1, 0.15) is 6.10 Å². The van der Waals surface area contributed by atoms with Crippen LogP contribution in [0.25, 0.3) is 10.9 Å². The summed E-state index contributed by atoms with van der Waals surface area (Å²) in [5.41, 5.74) is 1.75. The first kappa shape index (κ1) is 18.8. The number of rotatable bonds is 6. The van der Waals surface area contributed by atoms with Gasteiger partial charge in [0.2, 0.25) is 0 Å². The topological polar surface area (TPSA) is 118 Å². The molecular weight excluding hydrogens is 382 g/mol. The van der Waals surface area contributed by atoms with Crippen LogP contribution < -0.4 is 10.0 Å². The van der Waals surface area contributed by atoms with E-state index in [1.54, 1.807) is 6.20 Å². The van der Waals surface area contributed by atoms with Gasteiger partial charge in [-0.25, -0.2) is 0 Å². The van der Waals surface area contributed by atoms with E-state index in [4.69, 9.17) is 4.18 Å². The van der Waals surface area contributed by atoms with Crippen molar-refractivity contribution in [1.82, 2.24) is 19.5 Å². The molecule has 9 nitrogen and oxygen atoms in total. The minimum atomic E-state index is -3.86. The molecule has 10 heteroatoms. The van der Waals surface area contributed by atoms with Crippen molar-refractivity contribution in [2.45, 2.75) is 31.1 Å². The van der Waals surface area contributed by atoms with Crippen LogP contribution in [0.1, 0.15) is 18.9 Å². The molecule has 0 saturated heterocycles. The van der Waals surface area contributed by atoms with Crippen LogP contribution in [-0.4, -0.2) is 47.5 Å². The number of benzene rings is 1. The fraction of sp³-hybridized carbons (Fsp3) is 0.333. The Hall–Kier alpha value is -2.53. The van der Waals surface area contributed by atoms with Crippen LogP contribution >= 0.6 is 0 Å². The maximum atomic E-state index is 11.6. The van der Waals surface area contributed by atoms with Gasteiger partial charge in [-0.2, -0.15) is 18.2 Å². The van der Waals surface area contributed by atoms with Crippen molar-refractivity contribution in [3.63, 3.8) is 0 Å². The summed E-state index contributed by atoms with van der Waals surface area (Å²) in [6.45, 7) is 0. The average Bonchev–Trinajstić information content (AvgIpc) is 3.27. The number of fused-ring (bicyclic) bond motifs is 1. The predicted octanol–water partition coefficient (Wildman–Crippen LogP) is 1.72. The quantitative estimate of drug-likeness (QED) is 0.573. The highest BCUT2D eigenvalue weighted by Gasteiger charge is 2.38. The Morgan fingerprint density at radius 2 is 2.00 bits per heavy atom. The molecule has 0 amide bonds. The van der Waals surface area contributed by atoms with E-state index in [2.05, 4.69) is 20.2 Å². The van der Waals surface area contributed by atoms with E-state index in [1.165, 1.54) is 7.05 Å². The Morgan fingerprint density at radius 3 is 2.75 bits per heavy atom. The molecule has 1 aliphatic rings. The zero-order chi connectivity index (χ0) is 19.7. The molecule has 0 radical (unpaired) electrons. The SMILES string of the molecule is CNS(=O)(=O)O[C@H]1C[C@H](n2ccc3c(Nc4ccccc4)nncc32)C[C@@H]1O. The summed E-state index contributed by atoms with van der Waals surface area (Å²) in [7, 11) is -2.59. The molecule has 2 heterocycles. The van der Waals surface area contributed by atoms with Gasteiger partial charge < -0.3 is 15.0 Å². The Kier molecular flexibility index (Phi) is 5.02. The fourth-order valence-electron chi connectivity index (χ4n) is 3.55. The first-order valence-electron chi connectivity index (χ1n) is 8.91. The van der Waals surface area contributed by atoms with Gasteiger partial charge in [0.25, 0.3) is 0 Å². The summed E-state index contributed by atoms with van der Waals surface area (Å²) in [6.07, 6.45) is 2.65. The summed E-state index contributed by atoms with van der Waals surface area (Å²) in [6, 6.07) is 11.5. The van der Waals surface area contributed by atoms with Crippen molar-refractivity contribution in [1.29, 1.82) is 0 Å². The van der Waals surface area contributed by atoms with Crippen LogP contribution in [0, 0.1) is 0 Å². The highest BCUT2D eigenvalue weighted by molar-refractivity contribution is 7.84. The van der Waals surface area contributed by atoms with Gasteiger partial charge in [0.15, 0.2) is 5.82 Å². The van der Waals surface area contributed by atoms with E-state index in [0.29, 0.717) is 18.7 Å². The molecule has 1 aliphatic carbocycles. The fourth-order valence-corrected chi connectivity index (χ4v) is 4.18. The number of aliphatic hydroxyl groups excluding tert-OH is 1. The molecule has 3 aromatic rings. The molecule has 1 aromatic carbocycles. The van der Waals surface area contributed by atoms with Gasteiger partial charge in [0, 0.05) is 30.4 Å². The first-order valence-corrected chi connectivity index (χ1v) is 10.3. The minimum Gasteiger partial charge on any atom is -0.390 e. The average molecular weight is 403 g/mol. The van der Waals surface area contributed by atoms with Crippen molar-refractivity contribution in [3.05, 3.63) is 48.8 Å². The van der Waals surface area contributed by atoms with Gasteiger partial charge in [-0.1, -0.05) is 18.2 Å². The lowest BCUT2D eigenvalue weighted by Gasteiger charge is -2.15. The molecule has 3 N–H and O–H groups in total. The number of nitrogens with zero attached hydrogens (tertiary/aromatic N) is 3. The molecule has 1 fully saturated rings. The van der Waals surface area contributed by atoms with E-state index >= 15 is 0 Å². The van der Waals surface area contributed by atoms with Gasteiger partial charge in [-0.05, 0) is 31.0 Å². The number of anilines is 2. The van der Waals surface area contributed by atoms with Crippen molar-refractivity contribution < 1.29 is 17.7 Å². The van der Waals surface area contributed by atoms with Crippen LogP contribution in [0.15, 0.2) is 48.8 Å². The Bertz CT molecular complexity index is 1070. The summed E-state index contributed by atoms with van der Waals surface area (Å²) in [4.78, 5) is 0. The molecule has 3 atom stereocenters. The normalized spacial score (nSPS) is 22.6. The number of hydrogen-bond acceptors (Lipinski definition) is 7. The third-order valence-corrected chi connectivity index (χ3v) is 5.93. The minimum absolute atomic E-state index is 0.113. The van der Waals surface area contributed by atoms with E-state index in [9.17, 15) is 13.5 Å². The van der Waals surface area contributed by atoms with Crippen molar-refractivity contribution in [2.75, 3.05) is 12.4 Å². The summed E-state index contributed by atoms with van der Waals surface area (Å²) in [5, 5.41) is 22.7. The molecular formula is C18H21N5O4S. The standard InChI is InChI=1S/C18H21N5O4S/c1-19-28(25,26)27-17-10-13(9-16(17)24)23-8-7-14-15(23)11-20-22-18(14)21-12-5-3-2-4-6-12/h2-8,11,13,16-17,19,24H,9-10H2,1H3,(H,21,22)/t13-,16+,17+/m1/s1. The zero-order valence-corrected chi connectivity index (χ0v) is 16.0. The zero-order valence-electron chi connectivity index (χ0n) is 15.2. The van der Waals surface area contributed by atoms with Crippen molar-refractivity contribution in [2.24, 2.45) is 0 Å². The lowest BCUT2D eigenvalue weighted by atomic mass is 10.2. The molecule has 28 heavy (non-hydrogen) atoms. The third-order valence-electron chi connectivity index (χ3n) is 4.93. The van der Waals surface area contributed by atoms with Crippen LogP contribution in [0.4, 0.5) is 11.5 Å². The molecule has 0 aliphatic heterocycles. The Morgan fingerprint density at radius 1 is 1.21 bits per heavy atom. The largest absolute Gasteiger partial charge is 0.390 e. The maximum absolute atomic E-state index is 11.6. The smallest absolute Gasteiger partial charge is 0.335 e. The number of para-hydroxylation sites is 1. The number of aliphatic hydroxyl groups is 1. The summed E-state index contributed by atoms with van der Waals surface area (Å²) >= 11 is 0. The Balaban J connectivity index is 1.59. The highest BCUT2D eigenvalue weighted by atomic mass is 32.2. The molecule has 148 valence electrons. The van der Waals surface area contributed by atoms with Gasteiger partial charge in [-0.15, -0.1) is 5.10 Å². The molecule has 0 spiro atoms. The molecule has 0 bridgehead atoms. The second kappa shape index (κ2) is 7.47.